The molecule has 0 fully saturated rings. The van der Waals surface area contributed by atoms with Crippen molar-refractivity contribution in [3.05, 3.63) is 41.5 Å². The van der Waals surface area contributed by atoms with E-state index in [9.17, 15) is 0 Å². The van der Waals surface area contributed by atoms with Gasteiger partial charge in [0.15, 0.2) is 5.82 Å². The van der Waals surface area contributed by atoms with Gasteiger partial charge in [-0.2, -0.15) is 4.98 Å². The third-order valence-electron chi connectivity index (χ3n) is 3.42. The maximum Gasteiger partial charge on any atom is 0.243 e. The number of nitrogens with zero attached hydrogens (tertiary/aromatic N) is 2. The lowest BCUT2D eigenvalue weighted by Gasteiger charge is -2.05. The summed E-state index contributed by atoms with van der Waals surface area (Å²) in [5, 5.41) is 4.04. The zero-order valence-electron chi connectivity index (χ0n) is 11.3. The first kappa shape index (κ1) is 13.1. The molecule has 6 nitrogen and oxygen atoms in total. The van der Waals surface area contributed by atoms with Crippen molar-refractivity contribution in [2.45, 2.75) is 18.4 Å². The fourth-order valence-corrected chi connectivity index (χ4v) is 2.28. The zero-order valence-corrected chi connectivity index (χ0v) is 11.3. The number of para-hydroxylation sites is 1. The van der Waals surface area contributed by atoms with Crippen LogP contribution in [-0.2, 0) is 4.74 Å². The monoisotopic (exact) mass is 275 g/mol. The molecule has 1 aromatic heterocycles. The van der Waals surface area contributed by atoms with E-state index >= 15 is 0 Å². The molecule has 2 atom stereocenters. The molecule has 6 heteroatoms. The van der Waals surface area contributed by atoms with Crippen molar-refractivity contribution in [1.29, 1.82) is 0 Å². The molecule has 0 spiro atoms. The average molecular weight is 275 g/mol. The first-order valence-corrected chi connectivity index (χ1v) is 6.59. The van der Waals surface area contributed by atoms with E-state index in [-0.39, 0.29) is 12.0 Å². The molecule has 2 aromatic rings. The first-order valence-electron chi connectivity index (χ1n) is 6.59. The van der Waals surface area contributed by atoms with E-state index in [1.54, 1.807) is 7.11 Å². The van der Waals surface area contributed by atoms with Crippen LogP contribution in [0.15, 0.2) is 28.8 Å². The molecule has 2 unspecified atom stereocenters. The molecule has 0 radical (unpaired) electrons. The lowest BCUT2D eigenvalue weighted by atomic mass is 10.0. The van der Waals surface area contributed by atoms with E-state index in [0.717, 1.165) is 11.3 Å². The number of benzene rings is 1. The van der Waals surface area contributed by atoms with Gasteiger partial charge in [-0.3, -0.25) is 0 Å². The Hall–Kier alpha value is -1.92. The van der Waals surface area contributed by atoms with Crippen LogP contribution in [0, 0.1) is 0 Å². The lowest BCUT2D eigenvalue weighted by molar-refractivity contribution is 0.182. The molecular formula is C14H17N3O3. The van der Waals surface area contributed by atoms with Gasteiger partial charge in [0, 0.05) is 19.3 Å². The van der Waals surface area contributed by atoms with Gasteiger partial charge < -0.3 is 19.7 Å². The highest BCUT2D eigenvalue weighted by atomic mass is 16.5. The molecule has 2 heterocycles. The smallest absolute Gasteiger partial charge is 0.243 e. The highest BCUT2D eigenvalue weighted by Crippen LogP contribution is 2.36. The van der Waals surface area contributed by atoms with E-state index < -0.39 is 0 Å². The van der Waals surface area contributed by atoms with Crippen LogP contribution < -0.4 is 10.5 Å². The number of ether oxygens (including phenoxy) is 2. The highest BCUT2D eigenvalue weighted by Gasteiger charge is 2.30. The summed E-state index contributed by atoms with van der Waals surface area (Å²) in [4.78, 5) is 4.41. The maximum absolute atomic E-state index is 5.98. The molecule has 106 valence electrons. The number of hydrogen-bond donors (Lipinski definition) is 1. The third-order valence-corrected chi connectivity index (χ3v) is 3.42. The molecule has 2 N–H and O–H groups in total. The van der Waals surface area contributed by atoms with Crippen molar-refractivity contribution >= 4 is 0 Å². The Morgan fingerprint density at radius 2 is 2.30 bits per heavy atom. The molecule has 1 aliphatic heterocycles. The van der Waals surface area contributed by atoms with Crippen LogP contribution in [0.4, 0.5) is 0 Å². The van der Waals surface area contributed by atoms with Crippen molar-refractivity contribution in [3.63, 3.8) is 0 Å². The van der Waals surface area contributed by atoms with Gasteiger partial charge in [0.25, 0.3) is 0 Å². The molecule has 1 aliphatic rings. The molecule has 0 saturated carbocycles. The second-order valence-corrected chi connectivity index (χ2v) is 4.78. The third kappa shape index (κ3) is 2.39. The van der Waals surface area contributed by atoms with Crippen LogP contribution in [0.2, 0.25) is 0 Å². The molecule has 0 bridgehead atoms. The summed E-state index contributed by atoms with van der Waals surface area (Å²) in [5.74, 6) is 1.96. The van der Waals surface area contributed by atoms with Gasteiger partial charge >= 0.3 is 0 Å². The molecule has 20 heavy (non-hydrogen) atoms. The number of aromatic nitrogens is 2. The van der Waals surface area contributed by atoms with Crippen molar-refractivity contribution in [3.8, 4) is 5.75 Å². The van der Waals surface area contributed by atoms with E-state index in [1.807, 2.05) is 24.3 Å². The Morgan fingerprint density at radius 1 is 1.45 bits per heavy atom. The minimum Gasteiger partial charge on any atom is -0.492 e. The molecule has 0 saturated heterocycles. The van der Waals surface area contributed by atoms with Crippen molar-refractivity contribution in [2.24, 2.45) is 5.73 Å². The Morgan fingerprint density at radius 3 is 3.15 bits per heavy atom. The lowest BCUT2D eigenvalue weighted by Crippen LogP contribution is -2.13. The summed E-state index contributed by atoms with van der Waals surface area (Å²) in [5.41, 5.74) is 7.07. The van der Waals surface area contributed by atoms with Gasteiger partial charge in [0.1, 0.15) is 12.4 Å². The topological polar surface area (TPSA) is 83.4 Å². The predicted octanol–water partition coefficient (Wildman–Crippen LogP) is 1.63. The van der Waals surface area contributed by atoms with E-state index in [0.29, 0.717) is 31.3 Å². The number of fused-ring (bicyclic) bond motifs is 1. The van der Waals surface area contributed by atoms with Crippen LogP contribution in [0.25, 0.3) is 0 Å². The van der Waals surface area contributed by atoms with Gasteiger partial charge in [-0.15, -0.1) is 0 Å². The summed E-state index contributed by atoms with van der Waals surface area (Å²) in [6.45, 7) is 1.10. The number of rotatable bonds is 5. The highest BCUT2D eigenvalue weighted by molar-refractivity contribution is 5.42. The fourth-order valence-electron chi connectivity index (χ4n) is 2.28. The molecule has 3 rings (SSSR count). The first-order chi connectivity index (χ1) is 9.79. The summed E-state index contributed by atoms with van der Waals surface area (Å²) in [7, 11) is 1.64. The standard InChI is InChI=1S/C14H17N3O3/c1-18-7-6-11(15)14-16-13(17-20-14)10-8-19-12-5-3-2-4-9(10)12/h2-5,10-11H,6-8,15H2,1H3. The van der Waals surface area contributed by atoms with Gasteiger partial charge in [-0.05, 0) is 12.5 Å². The van der Waals surface area contributed by atoms with Crippen molar-refractivity contribution < 1.29 is 14.0 Å². The Labute approximate surface area is 116 Å². The molecule has 0 aliphatic carbocycles. The number of hydrogen-bond acceptors (Lipinski definition) is 6. The van der Waals surface area contributed by atoms with Gasteiger partial charge in [0.05, 0.1) is 12.0 Å². The zero-order chi connectivity index (χ0) is 13.9. The van der Waals surface area contributed by atoms with Crippen molar-refractivity contribution in [1.82, 2.24) is 10.1 Å². The van der Waals surface area contributed by atoms with Gasteiger partial charge in [-0.1, -0.05) is 23.4 Å². The molecular weight excluding hydrogens is 258 g/mol. The quantitative estimate of drug-likeness (QED) is 0.893. The largest absolute Gasteiger partial charge is 0.492 e. The molecule has 1 aromatic carbocycles. The van der Waals surface area contributed by atoms with Crippen molar-refractivity contribution in [2.75, 3.05) is 20.3 Å². The summed E-state index contributed by atoms with van der Waals surface area (Å²) >= 11 is 0. The second kappa shape index (κ2) is 5.60. The Bertz CT molecular complexity index is 585. The van der Waals surface area contributed by atoms with Gasteiger partial charge in [0.2, 0.25) is 5.89 Å². The van der Waals surface area contributed by atoms with Crippen LogP contribution >= 0.6 is 0 Å². The summed E-state index contributed by atoms with van der Waals surface area (Å²) < 4.78 is 15.9. The van der Waals surface area contributed by atoms with Gasteiger partial charge in [-0.25, -0.2) is 0 Å². The second-order valence-electron chi connectivity index (χ2n) is 4.78. The summed E-state index contributed by atoms with van der Waals surface area (Å²) in [6, 6.07) is 7.60. The minimum atomic E-state index is -0.297. The Kier molecular flexibility index (Phi) is 3.66. The van der Waals surface area contributed by atoms with E-state index in [1.165, 1.54) is 0 Å². The van der Waals surface area contributed by atoms with Crippen LogP contribution in [0.5, 0.6) is 5.75 Å². The minimum absolute atomic E-state index is 0.0123. The number of nitrogens with two attached hydrogens (primary N) is 1. The van der Waals surface area contributed by atoms with Crippen LogP contribution in [-0.4, -0.2) is 30.5 Å². The van der Waals surface area contributed by atoms with E-state index in [2.05, 4.69) is 10.1 Å². The Balaban J connectivity index is 1.78. The SMILES string of the molecule is COCCC(N)c1nc(C2COc3ccccc32)no1. The van der Waals surface area contributed by atoms with Crippen LogP contribution in [0.3, 0.4) is 0 Å². The summed E-state index contributed by atoms with van der Waals surface area (Å²) in [6.07, 6.45) is 0.649. The maximum atomic E-state index is 5.98. The normalized spacial score (nSPS) is 18.6. The van der Waals surface area contributed by atoms with E-state index in [4.69, 9.17) is 19.7 Å². The number of methoxy groups -OCH3 is 1. The average Bonchev–Trinajstić information content (AvgIpc) is 3.10. The fraction of sp³-hybridized carbons (Fsp3) is 0.429. The predicted molar refractivity (Wildman–Crippen MR) is 71.5 cm³/mol. The van der Waals surface area contributed by atoms with Crippen LogP contribution in [0.1, 0.15) is 35.7 Å². The molecule has 0 amide bonds.